The minimum Gasteiger partial charge on any atom is -0.365 e. The standard InChI is InChI=1S/C13H14ClF3N4/c1-7-10(8(2)21(3)20-7)6-19-12-11(14)4-9(5-18-12)13(15,16)17/h4-5H,6H2,1-3H3,(H,18,19). The molecule has 4 nitrogen and oxygen atoms in total. The van der Waals surface area contributed by atoms with E-state index in [-0.39, 0.29) is 10.8 Å². The fraction of sp³-hybridized carbons (Fsp3) is 0.385. The number of nitrogens with one attached hydrogen (secondary N) is 1. The average molecular weight is 319 g/mol. The van der Waals surface area contributed by atoms with E-state index in [4.69, 9.17) is 11.6 Å². The second kappa shape index (κ2) is 5.55. The molecule has 0 atom stereocenters. The number of hydrogen-bond acceptors (Lipinski definition) is 3. The first-order chi connectivity index (χ1) is 9.70. The molecule has 0 saturated carbocycles. The molecule has 0 aromatic carbocycles. The van der Waals surface area contributed by atoms with Crippen molar-refractivity contribution in [3.05, 3.63) is 39.8 Å². The Labute approximate surface area is 124 Å². The molecule has 0 fully saturated rings. The first-order valence-electron chi connectivity index (χ1n) is 6.16. The zero-order chi connectivity index (χ0) is 15.8. The Hall–Kier alpha value is -1.76. The molecule has 1 N–H and O–H groups in total. The molecule has 0 aliphatic carbocycles. The summed E-state index contributed by atoms with van der Waals surface area (Å²) in [6.07, 6.45) is -3.69. The Bertz CT molecular complexity index is 664. The number of pyridine rings is 1. The molecule has 0 aliphatic heterocycles. The number of aromatic nitrogens is 3. The van der Waals surface area contributed by atoms with Gasteiger partial charge >= 0.3 is 6.18 Å². The molecule has 2 aromatic heterocycles. The highest BCUT2D eigenvalue weighted by Crippen LogP contribution is 2.32. The maximum absolute atomic E-state index is 12.5. The zero-order valence-corrected chi connectivity index (χ0v) is 12.5. The molecule has 0 aliphatic rings. The van der Waals surface area contributed by atoms with Gasteiger partial charge < -0.3 is 5.32 Å². The predicted octanol–water partition coefficient (Wildman–Crippen LogP) is 3.72. The van der Waals surface area contributed by atoms with Gasteiger partial charge in [-0.15, -0.1) is 0 Å². The maximum atomic E-state index is 12.5. The van der Waals surface area contributed by atoms with Gasteiger partial charge in [0.05, 0.1) is 16.3 Å². The lowest BCUT2D eigenvalue weighted by Gasteiger charge is -2.11. The average Bonchev–Trinajstić information content (AvgIpc) is 2.61. The van der Waals surface area contributed by atoms with Crippen molar-refractivity contribution in [1.82, 2.24) is 14.8 Å². The molecule has 2 aromatic rings. The molecular formula is C13H14ClF3N4. The van der Waals surface area contributed by atoms with Gasteiger partial charge in [-0.2, -0.15) is 18.3 Å². The smallest absolute Gasteiger partial charge is 0.365 e. The fourth-order valence-corrected chi connectivity index (χ4v) is 2.20. The predicted molar refractivity (Wildman–Crippen MR) is 74.3 cm³/mol. The van der Waals surface area contributed by atoms with Crippen molar-refractivity contribution >= 4 is 17.4 Å². The Balaban J connectivity index is 2.17. The van der Waals surface area contributed by atoms with Crippen molar-refractivity contribution in [2.24, 2.45) is 7.05 Å². The van der Waals surface area contributed by atoms with E-state index >= 15 is 0 Å². The van der Waals surface area contributed by atoms with Crippen LogP contribution in [0.15, 0.2) is 12.3 Å². The SMILES string of the molecule is Cc1nn(C)c(C)c1CNc1ncc(C(F)(F)F)cc1Cl. The van der Waals surface area contributed by atoms with Gasteiger partial charge in [0.25, 0.3) is 0 Å². The van der Waals surface area contributed by atoms with Crippen LogP contribution >= 0.6 is 11.6 Å². The lowest BCUT2D eigenvalue weighted by Crippen LogP contribution is -2.08. The Morgan fingerprint density at radius 1 is 1.33 bits per heavy atom. The zero-order valence-electron chi connectivity index (χ0n) is 11.7. The highest BCUT2D eigenvalue weighted by atomic mass is 35.5. The third kappa shape index (κ3) is 3.29. The van der Waals surface area contributed by atoms with Gasteiger partial charge in [0.1, 0.15) is 5.82 Å². The van der Waals surface area contributed by atoms with Gasteiger partial charge in [0.15, 0.2) is 0 Å². The van der Waals surface area contributed by atoms with Crippen LogP contribution in [-0.4, -0.2) is 14.8 Å². The van der Waals surface area contributed by atoms with E-state index in [1.807, 2.05) is 20.9 Å². The first kappa shape index (κ1) is 15.6. The van der Waals surface area contributed by atoms with Gasteiger partial charge in [0.2, 0.25) is 0 Å². The van der Waals surface area contributed by atoms with Crippen LogP contribution in [0.3, 0.4) is 0 Å². The molecular weight excluding hydrogens is 305 g/mol. The third-order valence-corrected chi connectivity index (χ3v) is 3.55. The summed E-state index contributed by atoms with van der Waals surface area (Å²) in [5.74, 6) is 0.215. The van der Waals surface area contributed by atoms with Gasteiger partial charge in [-0.1, -0.05) is 11.6 Å². The van der Waals surface area contributed by atoms with Crippen LogP contribution in [0.5, 0.6) is 0 Å². The van der Waals surface area contributed by atoms with Crippen LogP contribution in [-0.2, 0) is 19.8 Å². The molecule has 0 spiro atoms. The van der Waals surface area contributed by atoms with Gasteiger partial charge in [0, 0.05) is 31.0 Å². The van der Waals surface area contributed by atoms with E-state index in [1.165, 1.54) is 0 Å². The largest absolute Gasteiger partial charge is 0.417 e. The van der Waals surface area contributed by atoms with Crippen molar-refractivity contribution in [3.8, 4) is 0 Å². The van der Waals surface area contributed by atoms with Crippen molar-refractivity contribution in [1.29, 1.82) is 0 Å². The van der Waals surface area contributed by atoms with Gasteiger partial charge in [-0.3, -0.25) is 4.68 Å². The van der Waals surface area contributed by atoms with Crippen molar-refractivity contribution in [2.75, 3.05) is 5.32 Å². The molecule has 114 valence electrons. The van der Waals surface area contributed by atoms with E-state index in [0.29, 0.717) is 6.54 Å². The number of alkyl halides is 3. The summed E-state index contributed by atoms with van der Waals surface area (Å²) >= 11 is 5.84. The number of hydrogen-bond donors (Lipinski definition) is 1. The quantitative estimate of drug-likeness (QED) is 0.938. The van der Waals surface area contributed by atoms with Crippen molar-refractivity contribution in [3.63, 3.8) is 0 Å². The van der Waals surface area contributed by atoms with Crippen LogP contribution in [0.25, 0.3) is 0 Å². The second-order valence-corrected chi connectivity index (χ2v) is 5.09. The highest BCUT2D eigenvalue weighted by Gasteiger charge is 2.31. The molecule has 0 amide bonds. The lowest BCUT2D eigenvalue weighted by molar-refractivity contribution is -0.137. The van der Waals surface area contributed by atoms with Crippen LogP contribution in [0.4, 0.5) is 19.0 Å². The van der Waals surface area contributed by atoms with Gasteiger partial charge in [-0.25, -0.2) is 4.98 Å². The lowest BCUT2D eigenvalue weighted by atomic mass is 10.2. The van der Waals surface area contributed by atoms with Crippen molar-refractivity contribution in [2.45, 2.75) is 26.6 Å². The fourth-order valence-electron chi connectivity index (χ4n) is 1.97. The molecule has 0 saturated heterocycles. The normalized spacial score (nSPS) is 11.8. The van der Waals surface area contributed by atoms with E-state index in [9.17, 15) is 13.2 Å². The number of rotatable bonds is 3. The highest BCUT2D eigenvalue weighted by molar-refractivity contribution is 6.32. The number of nitrogens with zero attached hydrogens (tertiary/aromatic N) is 3. The monoisotopic (exact) mass is 318 g/mol. The number of aryl methyl sites for hydroxylation is 2. The molecule has 0 unspecified atom stereocenters. The maximum Gasteiger partial charge on any atom is 0.417 e. The van der Waals surface area contributed by atoms with Crippen molar-refractivity contribution < 1.29 is 13.2 Å². The Morgan fingerprint density at radius 3 is 2.48 bits per heavy atom. The summed E-state index contributed by atoms with van der Waals surface area (Å²) in [4.78, 5) is 3.74. The van der Waals surface area contributed by atoms with E-state index in [1.54, 1.807) is 4.68 Å². The minimum absolute atomic E-state index is 0.0657. The molecule has 2 rings (SSSR count). The summed E-state index contributed by atoms with van der Waals surface area (Å²) in [6, 6.07) is 0.861. The minimum atomic E-state index is -4.45. The van der Waals surface area contributed by atoms with Gasteiger partial charge in [-0.05, 0) is 19.9 Å². The second-order valence-electron chi connectivity index (χ2n) is 4.68. The van der Waals surface area contributed by atoms with Crippen LogP contribution in [0.1, 0.15) is 22.5 Å². The number of anilines is 1. The van der Waals surface area contributed by atoms with E-state index < -0.39 is 11.7 Å². The summed E-state index contributed by atoms with van der Waals surface area (Å²) < 4.78 is 39.3. The molecule has 8 heteroatoms. The summed E-state index contributed by atoms with van der Waals surface area (Å²) in [5.41, 5.74) is 1.93. The van der Waals surface area contributed by atoms with E-state index in [0.717, 1.165) is 29.2 Å². The summed E-state index contributed by atoms with van der Waals surface area (Å²) in [6.45, 7) is 4.17. The Kier molecular flexibility index (Phi) is 4.13. The summed E-state index contributed by atoms with van der Waals surface area (Å²) in [7, 11) is 1.83. The molecule has 0 bridgehead atoms. The molecule has 21 heavy (non-hydrogen) atoms. The van der Waals surface area contributed by atoms with Crippen LogP contribution in [0, 0.1) is 13.8 Å². The number of halogens is 4. The first-order valence-corrected chi connectivity index (χ1v) is 6.53. The summed E-state index contributed by atoms with van der Waals surface area (Å²) in [5, 5.41) is 7.14. The van der Waals surface area contributed by atoms with Crippen LogP contribution in [0.2, 0.25) is 5.02 Å². The van der Waals surface area contributed by atoms with Crippen LogP contribution < -0.4 is 5.32 Å². The Morgan fingerprint density at radius 2 is 2.00 bits per heavy atom. The van der Waals surface area contributed by atoms with E-state index in [2.05, 4.69) is 15.4 Å². The molecule has 2 heterocycles. The third-order valence-electron chi connectivity index (χ3n) is 3.26. The topological polar surface area (TPSA) is 42.7 Å². The molecule has 0 radical (unpaired) electrons.